The molecule has 5 rings (SSSR count). The second-order valence-corrected chi connectivity index (χ2v) is 6.84. The maximum absolute atomic E-state index is 4.77. The Balaban J connectivity index is 1.70. The molecule has 23 heavy (non-hydrogen) atoms. The highest BCUT2D eigenvalue weighted by molar-refractivity contribution is 5.73. The lowest BCUT2D eigenvalue weighted by Crippen LogP contribution is -2.42. The van der Waals surface area contributed by atoms with Crippen molar-refractivity contribution in [1.82, 2.24) is 15.0 Å². The molecule has 3 aromatic rings. The van der Waals surface area contributed by atoms with Gasteiger partial charge in [0.1, 0.15) is 17.1 Å². The Morgan fingerprint density at radius 3 is 2.57 bits per heavy atom. The van der Waals surface area contributed by atoms with Crippen LogP contribution in [-0.2, 0) is 6.42 Å². The number of aromatic nitrogens is 3. The zero-order valence-electron chi connectivity index (χ0n) is 13.3. The second-order valence-electron chi connectivity index (χ2n) is 6.84. The van der Waals surface area contributed by atoms with Gasteiger partial charge in [-0.2, -0.15) is 15.0 Å². The number of aryl methyl sites for hydroxylation is 1. The van der Waals surface area contributed by atoms with Crippen molar-refractivity contribution in [3.05, 3.63) is 53.6 Å². The molecule has 0 saturated heterocycles. The highest BCUT2D eigenvalue weighted by atomic mass is 15.5. The summed E-state index contributed by atoms with van der Waals surface area (Å²) in [5, 5.41) is 9.54. The minimum Gasteiger partial charge on any atom is -0.371 e. The Labute approximate surface area is 135 Å². The highest BCUT2D eigenvalue weighted by Gasteiger charge is 2.35. The number of rotatable bonds is 1. The molecule has 0 amide bonds. The van der Waals surface area contributed by atoms with Gasteiger partial charge in [0.25, 0.3) is 0 Å². The SMILES string of the molecule is C[C@H]1CN2CCCc3cccc(c32)[C@@H]1n1nc2ccccc2n1. The molecule has 2 aliphatic heterocycles. The third-order valence-electron chi connectivity index (χ3n) is 5.26. The van der Waals surface area contributed by atoms with Gasteiger partial charge in [-0.3, -0.25) is 0 Å². The molecule has 2 atom stereocenters. The largest absolute Gasteiger partial charge is 0.371 e. The van der Waals surface area contributed by atoms with Crippen molar-refractivity contribution in [2.45, 2.75) is 25.8 Å². The van der Waals surface area contributed by atoms with E-state index in [1.54, 1.807) is 0 Å². The predicted octanol–water partition coefficient (Wildman–Crippen LogP) is 3.42. The monoisotopic (exact) mass is 304 g/mol. The van der Waals surface area contributed by atoms with Crippen molar-refractivity contribution in [3.63, 3.8) is 0 Å². The second kappa shape index (κ2) is 4.82. The number of hydrogen-bond acceptors (Lipinski definition) is 3. The fourth-order valence-corrected chi connectivity index (χ4v) is 4.30. The first kappa shape index (κ1) is 13.1. The maximum Gasteiger partial charge on any atom is 0.113 e. The first-order chi connectivity index (χ1) is 11.3. The van der Waals surface area contributed by atoms with E-state index in [9.17, 15) is 0 Å². The molecule has 3 heterocycles. The average molecular weight is 304 g/mol. The van der Waals surface area contributed by atoms with E-state index in [-0.39, 0.29) is 6.04 Å². The van der Waals surface area contributed by atoms with Gasteiger partial charge >= 0.3 is 0 Å². The van der Waals surface area contributed by atoms with Gasteiger partial charge in [-0.25, -0.2) is 0 Å². The van der Waals surface area contributed by atoms with Crippen LogP contribution in [0.1, 0.15) is 30.5 Å². The zero-order valence-corrected chi connectivity index (χ0v) is 13.3. The van der Waals surface area contributed by atoms with Gasteiger partial charge in [0.05, 0.1) is 0 Å². The molecular weight excluding hydrogens is 284 g/mol. The standard InChI is InChI=1S/C19H20N4/c1-13-12-22-11-5-7-14-6-4-8-15(19(14)22)18(13)23-20-16-9-2-3-10-17(16)21-23/h2-4,6,8-10,13,18H,5,7,11-12H2,1H3/t13-,18+/m0/s1. The van der Waals surface area contributed by atoms with Crippen LogP contribution in [0.4, 0.5) is 5.69 Å². The van der Waals surface area contributed by atoms with Crippen LogP contribution in [0.3, 0.4) is 0 Å². The Morgan fingerprint density at radius 1 is 1.00 bits per heavy atom. The Bertz CT molecular complexity index is 849. The Morgan fingerprint density at radius 2 is 1.78 bits per heavy atom. The molecule has 0 bridgehead atoms. The van der Waals surface area contributed by atoms with Crippen molar-refractivity contribution in [3.8, 4) is 0 Å². The van der Waals surface area contributed by atoms with Crippen molar-refractivity contribution in [2.24, 2.45) is 5.92 Å². The number of benzene rings is 2. The van der Waals surface area contributed by atoms with Crippen LogP contribution in [-0.4, -0.2) is 28.1 Å². The van der Waals surface area contributed by atoms with E-state index >= 15 is 0 Å². The molecule has 116 valence electrons. The fourth-order valence-electron chi connectivity index (χ4n) is 4.30. The molecule has 2 aliphatic rings. The average Bonchev–Trinajstić information content (AvgIpc) is 2.98. The van der Waals surface area contributed by atoms with Gasteiger partial charge in [0.2, 0.25) is 0 Å². The van der Waals surface area contributed by atoms with E-state index in [1.807, 2.05) is 29.1 Å². The zero-order chi connectivity index (χ0) is 15.4. The van der Waals surface area contributed by atoms with Crippen LogP contribution < -0.4 is 4.90 Å². The molecule has 0 spiro atoms. The lowest BCUT2D eigenvalue weighted by Gasteiger charge is -2.42. The molecule has 0 radical (unpaired) electrons. The maximum atomic E-state index is 4.77. The van der Waals surface area contributed by atoms with Crippen molar-refractivity contribution in [1.29, 1.82) is 0 Å². The van der Waals surface area contributed by atoms with E-state index < -0.39 is 0 Å². The smallest absolute Gasteiger partial charge is 0.113 e. The van der Waals surface area contributed by atoms with E-state index in [4.69, 9.17) is 10.2 Å². The number of nitrogens with zero attached hydrogens (tertiary/aromatic N) is 4. The summed E-state index contributed by atoms with van der Waals surface area (Å²) in [5.74, 6) is 0.498. The number of anilines is 1. The summed E-state index contributed by atoms with van der Waals surface area (Å²) in [4.78, 5) is 4.52. The number of fused-ring (bicyclic) bond motifs is 1. The fraction of sp³-hybridized carbons (Fsp3) is 0.368. The van der Waals surface area contributed by atoms with Crippen LogP contribution in [0.25, 0.3) is 11.0 Å². The van der Waals surface area contributed by atoms with Crippen molar-refractivity contribution < 1.29 is 0 Å². The van der Waals surface area contributed by atoms with Gasteiger partial charge in [0.15, 0.2) is 0 Å². The molecule has 0 fully saturated rings. The molecule has 0 N–H and O–H groups in total. The van der Waals surface area contributed by atoms with E-state index in [2.05, 4.69) is 30.0 Å². The molecule has 4 heteroatoms. The van der Waals surface area contributed by atoms with Gasteiger partial charge in [-0.05, 0) is 30.5 Å². The Hall–Kier alpha value is -2.36. The van der Waals surface area contributed by atoms with Gasteiger partial charge in [-0.15, -0.1) is 0 Å². The third kappa shape index (κ3) is 1.90. The molecule has 2 aromatic carbocycles. The quantitative estimate of drug-likeness (QED) is 0.691. The molecule has 0 unspecified atom stereocenters. The topological polar surface area (TPSA) is 34.0 Å². The van der Waals surface area contributed by atoms with Crippen LogP contribution in [0, 0.1) is 5.92 Å². The Kier molecular flexibility index (Phi) is 2.75. The lowest BCUT2D eigenvalue weighted by molar-refractivity contribution is 0.329. The molecule has 0 aliphatic carbocycles. The molecular formula is C19H20N4. The van der Waals surface area contributed by atoms with Crippen LogP contribution in [0.15, 0.2) is 42.5 Å². The summed E-state index contributed by atoms with van der Waals surface area (Å²) in [6.45, 7) is 4.59. The van der Waals surface area contributed by atoms with Crippen molar-refractivity contribution >= 4 is 16.7 Å². The van der Waals surface area contributed by atoms with Crippen LogP contribution in [0.5, 0.6) is 0 Å². The summed E-state index contributed by atoms with van der Waals surface area (Å²) in [6, 6.07) is 15.1. The lowest BCUT2D eigenvalue weighted by atomic mass is 9.84. The van der Waals surface area contributed by atoms with E-state index in [0.29, 0.717) is 5.92 Å². The van der Waals surface area contributed by atoms with Gasteiger partial charge in [-0.1, -0.05) is 37.3 Å². The summed E-state index contributed by atoms with van der Waals surface area (Å²) < 4.78 is 0. The normalized spacial score (nSPS) is 23.1. The number of para-hydroxylation sites is 1. The summed E-state index contributed by atoms with van der Waals surface area (Å²) in [6.07, 6.45) is 2.45. The van der Waals surface area contributed by atoms with Crippen LogP contribution >= 0.6 is 0 Å². The predicted molar refractivity (Wildman–Crippen MR) is 91.8 cm³/mol. The van der Waals surface area contributed by atoms with E-state index in [1.165, 1.54) is 36.2 Å². The molecule has 0 saturated carbocycles. The minimum absolute atomic E-state index is 0.228. The molecule has 4 nitrogen and oxygen atoms in total. The first-order valence-corrected chi connectivity index (χ1v) is 8.49. The van der Waals surface area contributed by atoms with Crippen LogP contribution in [0.2, 0.25) is 0 Å². The van der Waals surface area contributed by atoms with Gasteiger partial charge < -0.3 is 4.90 Å². The van der Waals surface area contributed by atoms with E-state index in [0.717, 1.165) is 17.6 Å². The summed E-state index contributed by atoms with van der Waals surface area (Å²) >= 11 is 0. The summed E-state index contributed by atoms with van der Waals surface area (Å²) in [5.41, 5.74) is 6.28. The first-order valence-electron chi connectivity index (χ1n) is 8.49. The van der Waals surface area contributed by atoms with Gasteiger partial charge in [0, 0.05) is 30.3 Å². The third-order valence-corrected chi connectivity index (χ3v) is 5.26. The number of hydrogen-bond donors (Lipinski definition) is 0. The minimum atomic E-state index is 0.228. The summed E-state index contributed by atoms with van der Waals surface area (Å²) in [7, 11) is 0. The molecule has 1 aromatic heterocycles. The van der Waals surface area contributed by atoms with Crippen molar-refractivity contribution in [2.75, 3.05) is 18.0 Å². The highest BCUT2D eigenvalue weighted by Crippen LogP contribution is 2.43.